The lowest BCUT2D eigenvalue weighted by Crippen LogP contribution is -2.10. The van der Waals surface area contributed by atoms with Crippen molar-refractivity contribution in [3.63, 3.8) is 0 Å². The minimum Gasteiger partial charge on any atom is -0.299 e. The summed E-state index contributed by atoms with van der Waals surface area (Å²) in [7, 11) is 0. The van der Waals surface area contributed by atoms with Gasteiger partial charge in [0.15, 0.2) is 0 Å². The maximum Gasteiger partial charge on any atom is 0.136 e. The van der Waals surface area contributed by atoms with E-state index in [1.165, 1.54) is 0 Å². The molecule has 1 radical (unpaired) electrons. The van der Waals surface area contributed by atoms with E-state index in [1.807, 2.05) is 6.08 Å². The Bertz CT molecular complexity index is 136. The smallest absolute Gasteiger partial charge is 0.136 e. The normalized spacial score (nSPS) is 26.1. The van der Waals surface area contributed by atoms with E-state index < -0.39 is 0 Å². The summed E-state index contributed by atoms with van der Waals surface area (Å²) in [5, 5.41) is 0. The van der Waals surface area contributed by atoms with Crippen LogP contribution < -0.4 is 0 Å². The Balaban J connectivity index is 2.50. The highest BCUT2D eigenvalue weighted by Crippen LogP contribution is 2.16. The maximum atomic E-state index is 10.7. The molecular weight excluding hydrogens is 112 g/mol. The molecule has 0 heterocycles. The molecule has 9 heavy (non-hydrogen) atoms. The van der Waals surface area contributed by atoms with E-state index in [2.05, 4.69) is 12.5 Å². The van der Waals surface area contributed by atoms with Crippen molar-refractivity contribution < 1.29 is 4.79 Å². The molecule has 1 nitrogen and oxygen atoms in total. The summed E-state index contributed by atoms with van der Waals surface area (Å²) in [5.74, 6) is 0.459. The molecule has 1 unspecified atom stereocenters. The molecule has 0 spiro atoms. The fourth-order valence-electron chi connectivity index (χ4n) is 0.995. The van der Waals surface area contributed by atoms with Crippen LogP contribution in [-0.2, 0) is 4.79 Å². The van der Waals surface area contributed by atoms with Crippen molar-refractivity contribution in [2.24, 2.45) is 5.92 Å². The van der Waals surface area contributed by atoms with Crippen molar-refractivity contribution in [3.05, 3.63) is 18.6 Å². The summed E-state index contributed by atoms with van der Waals surface area (Å²) in [5.41, 5.74) is 0. The highest BCUT2D eigenvalue weighted by molar-refractivity contribution is 5.80. The second-order valence-electron chi connectivity index (χ2n) is 2.41. The zero-order valence-electron chi connectivity index (χ0n) is 5.63. The van der Waals surface area contributed by atoms with Crippen molar-refractivity contribution in [3.8, 4) is 0 Å². The lowest BCUT2D eigenvalue weighted by Gasteiger charge is -2.11. The average Bonchev–Trinajstić information content (AvgIpc) is 1.90. The molecule has 1 rings (SSSR count). The third kappa shape index (κ3) is 1.67. The Morgan fingerprint density at radius 1 is 1.67 bits per heavy atom. The number of hydrogen-bond acceptors (Lipinski definition) is 1. The summed E-state index contributed by atoms with van der Waals surface area (Å²) in [6.45, 7) is 1.65. The third-order valence-corrected chi connectivity index (χ3v) is 1.61. The first-order chi connectivity index (χ1) is 4.30. The molecule has 0 aliphatic heterocycles. The van der Waals surface area contributed by atoms with Gasteiger partial charge in [0.1, 0.15) is 5.78 Å². The molecule has 1 heteroatoms. The minimum atomic E-state index is 0.179. The van der Waals surface area contributed by atoms with Crippen LogP contribution in [0.1, 0.15) is 19.8 Å². The van der Waals surface area contributed by atoms with E-state index in [1.54, 1.807) is 6.92 Å². The van der Waals surface area contributed by atoms with Crippen LogP contribution >= 0.6 is 0 Å². The number of hydrogen-bond donors (Lipinski definition) is 0. The monoisotopic (exact) mass is 123 g/mol. The van der Waals surface area contributed by atoms with Crippen molar-refractivity contribution in [2.75, 3.05) is 0 Å². The molecule has 0 aromatic rings. The van der Waals surface area contributed by atoms with Gasteiger partial charge in [-0.3, -0.25) is 4.79 Å². The Labute approximate surface area is 55.8 Å². The SMILES string of the molecule is CC(=O)C1C=CC[CH]C1. The third-order valence-electron chi connectivity index (χ3n) is 1.61. The Kier molecular flexibility index (Phi) is 2.04. The summed E-state index contributed by atoms with van der Waals surface area (Å²) in [6, 6.07) is 0. The molecule has 1 aliphatic rings. The maximum absolute atomic E-state index is 10.7. The quantitative estimate of drug-likeness (QED) is 0.485. The molecule has 0 aromatic heterocycles. The van der Waals surface area contributed by atoms with Gasteiger partial charge in [0.05, 0.1) is 0 Å². The van der Waals surface area contributed by atoms with Crippen molar-refractivity contribution in [2.45, 2.75) is 19.8 Å². The van der Waals surface area contributed by atoms with Crippen LogP contribution in [-0.4, -0.2) is 5.78 Å². The highest BCUT2D eigenvalue weighted by atomic mass is 16.1. The molecule has 0 bridgehead atoms. The Hall–Kier alpha value is -0.590. The van der Waals surface area contributed by atoms with Gasteiger partial charge in [-0.15, -0.1) is 0 Å². The van der Waals surface area contributed by atoms with E-state index in [0.717, 1.165) is 12.8 Å². The van der Waals surface area contributed by atoms with Gasteiger partial charge < -0.3 is 0 Å². The van der Waals surface area contributed by atoms with E-state index in [9.17, 15) is 4.79 Å². The van der Waals surface area contributed by atoms with Crippen LogP contribution in [0.15, 0.2) is 12.2 Å². The Morgan fingerprint density at radius 3 is 2.78 bits per heavy atom. The summed E-state index contributed by atoms with van der Waals surface area (Å²) < 4.78 is 0. The van der Waals surface area contributed by atoms with Crippen LogP contribution in [0.5, 0.6) is 0 Å². The van der Waals surface area contributed by atoms with Crippen LogP contribution in [0.4, 0.5) is 0 Å². The van der Waals surface area contributed by atoms with E-state index in [-0.39, 0.29) is 11.7 Å². The summed E-state index contributed by atoms with van der Waals surface area (Å²) in [4.78, 5) is 10.7. The number of carbonyl (C=O) groups excluding carboxylic acids is 1. The number of carbonyl (C=O) groups is 1. The van der Waals surface area contributed by atoms with Gasteiger partial charge >= 0.3 is 0 Å². The van der Waals surface area contributed by atoms with Gasteiger partial charge in [-0.05, 0) is 26.2 Å². The first kappa shape index (κ1) is 6.53. The first-order valence-electron chi connectivity index (χ1n) is 3.29. The molecule has 49 valence electrons. The van der Waals surface area contributed by atoms with Crippen LogP contribution in [0, 0.1) is 12.3 Å². The minimum absolute atomic E-state index is 0.179. The number of Topliss-reactive ketones (excluding diaryl/α,β-unsaturated/α-hetero) is 1. The average molecular weight is 123 g/mol. The van der Waals surface area contributed by atoms with Crippen molar-refractivity contribution in [1.82, 2.24) is 0 Å². The van der Waals surface area contributed by atoms with Gasteiger partial charge in [0, 0.05) is 5.92 Å². The lowest BCUT2D eigenvalue weighted by molar-refractivity contribution is -0.119. The van der Waals surface area contributed by atoms with Gasteiger partial charge in [-0.2, -0.15) is 0 Å². The predicted octanol–water partition coefficient (Wildman–Crippen LogP) is 1.75. The summed E-state index contributed by atoms with van der Waals surface area (Å²) >= 11 is 0. The zero-order valence-corrected chi connectivity index (χ0v) is 5.63. The zero-order chi connectivity index (χ0) is 6.69. The molecule has 0 saturated carbocycles. The van der Waals surface area contributed by atoms with Crippen LogP contribution in [0.25, 0.3) is 0 Å². The van der Waals surface area contributed by atoms with Crippen molar-refractivity contribution in [1.29, 1.82) is 0 Å². The molecule has 1 atom stereocenters. The van der Waals surface area contributed by atoms with Crippen LogP contribution in [0.3, 0.4) is 0 Å². The molecule has 1 aliphatic carbocycles. The highest BCUT2D eigenvalue weighted by Gasteiger charge is 2.11. The largest absolute Gasteiger partial charge is 0.299 e. The number of ketones is 1. The first-order valence-corrected chi connectivity index (χ1v) is 3.29. The lowest BCUT2D eigenvalue weighted by atomic mass is 9.93. The van der Waals surface area contributed by atoms with E-state index >= 15 is 0 Å². The standard InChI is InChI=1S/C8H11O/c1-7(9)8-5-3-2-4-6-8/h3-5,8H,2,6H2,1H3. The topological polar surface area (TPSA) is 17.1 Å². The van der Waals surface area contributed by atoms with Gasteiger partial charge in [0.25, 0.3) is 0 Å². The van der Waals surface area contributed by atoms with E-state index in [4.69, 9.17) is 0 Å². The van der Waals surface area contributed by atoms with Crippen LogP contribution in [0.2, 0.25) is 0 Å². The molecule has 0 fully saturated rings. The van der Waals surface area contributed by atoms with Gasteiger partial charge in [-0.25, -0.2) is 0 Å². The molecule has 0 amide bonds. The van der Waals surface area contributed by atoms with Gasteiger partial charge in [0.2, 0.25) is 0 Å². The molecule has 0 saturated heterocycles. The fourth-order valence-corrected chi connectivity index (χ4v) is 0.995. The van der Waals surface area contributed by atoms with Gasteiger partial charge in [-0.1, -0.05) is 12.2 Å². The predicted molar refractivity (Wildman–Crippen MR) is 36.8 cm³/mol. The molecular formula is C8H11O. The number of allylic oxidation sites excluding steroid dienone is 2. The molecule has 0 aromatic carbocycles. The fraction of sp³-hybridized carbons (Fsp3) is 0.500. The van der Waals surface area contributed by atoms with E-state index in [0.29, 0.717) is 0 Å². The Morgan fingerprint density at radius 2 is 2.44 bits per heavy atom. The number of rotatable bonds is 1. The molecule has 0 N–H and O–H groups in total. The second-order valence-corrected chi connectivity index (χ2v) is 2.41. The summed E-state index contributed by atoms with van der Waals surface area (Å²) in [6.07, 6.45) is 8.17. The van der Waals surface area contributed by atoms with Crippen molar-refractivity contribution >= 4 is 5.78 Å². The second kappa shape index (κ2) is 2.81.